The van der Waals surface area contributed by atoms with Gasteiger partial charge in [0.25, 0.3) is 0 Å². The fraction of sp³-hybridized carbons (Fsp3) is 0.625. The van der Waals surface area contributed by atoms with Crippen LogP contribution in [0.4, 0.5) is 0 Å². The Balaban J connectivity index is 1.37. The molecule has 0 aromatic carbocycles. The standard InChI is InChI=1S/C16H22N6O3/c1-11-18-16(25-19-11)14-10-24-6-5-22(14)13-7-21(8-13)15(23)9-20-4-3-17-12(20)2/h3-4,13-14H,5-10H2,1-2H3. The summed E-state index contributed by atoms with van der Waals surface area (Å²) in [5.74, 6) is 2.19. The molecule has 0 N–H and O–H groups in total. The van der Waals surface area contributed by atoms with Crippen molar-refractivity contribution in [1.29, 1.82) is 0 Å². The molecular formula is C16H22N6O3. The summed E-state index contributed by atoms with van der Waals surface area (Å²) in [7, 11) is 0. The summed E-state index contributed by atoms with van der Waals surface area (Å²) >= 11 is 0. The van der Waals surface area contributed by atoms with Gasteiger partial charge in [-0.1, -0.05) is 5.16 Å². The van der Waals surface area contributed by atoms with Crippen molar-refractivity contribution in [1.82, 2.24) is 29.5 Å². The average Bonchev–Trinajstić information content (AvgIpc) is 3.15. The number of rotatable bonds is 4. The lowest BCUT2D eigenvalue weighted by Gasteiger charge is -2.48. The normalized spacial score (nSPS) is 22.2. The Hall–Kier alpha value is -2.26. The highest BCUT2D eigenvalue weighted by atomic mass is 16.5. The van der Waals surface area contributed by atoms with Crippen LogP contribution < -0.4 is 0 Å². The van der Waals surface area contributed by atoms with Crippen molar-refractivity contribution in [2.75, 3.05) is 32.8 Å². The van der Waals surface area contributed by atoms with Crippen molar-refractivity contribution in [2.45, 2.75) is 32.5 Å². The van der Waals surface area contributed by atoms with Gasteiger partial charge in [0, 0.05) is 38.1 Å². The van der Waals surface area contributed by atoms with Crippen LogP contribution in [0.15, 0.2) is 16.9 Å². The number of likely N-dealkylation sites (tertiary alicyclic amines) is 1. The van der Waals surface area contributed by atoms with Gasteiger partial charge in [-0.25, -0.2) is 4.98 Å². The first-order valence-corrected chi connectivity index (χ1v) is 8.51. The molecule has 2 aliphatic heterocycles. The van der Waals surface area contributed by atoms with Gasteiger partial charge in [0.2, 0.25) is 11.8 Å². The minimum absolute atomic E-state index is 0.0342. The number of carbonyl (C=O) groups excluding carboxylic acids is 1. The van der Waals surface area contributed by atoms with E-state index in [9.17, 15) is 4.79 Å². The predicted octanol–water partition coefficient (Wildman–Crippen LogP) is 0.167. The molecule has 4 rings (SSSR count). The second kappa shape index (κ2) is 6.57. The first-order valence-electron chi connectivity index (χ1n) is 8.51. The molecule has 0 spiro atoms. The van der Waals surface area contributed by atoms with E-state index in [-0.39, 0.29) is 11.9 Å². The van der Waals surface area contributed by atoms with Gasteiger partial charge in [-0.15, -0.1) is 0 Å². The Morgan fingerprint density at radius 1 is 1.36 bits per heavy atom. The van der Waals surface area contributed by atoms with Crippen LogP contribution >= 0.6 is 0 Å². The average molecular weight is 346 g/mol. The number of aryl methyl sites for hydroxylation is 2. The van der Waals surface area contributed by atoms with Crippen molar-refractivity contribution in [3.8, 4) is 0 Å². The van der Waals surface area contributed by atoms with Crippen LogP contribution in [0.1, 0.15) is 23.6 Å². The Labute approximate surface area is 145 Å². The molecule has 2 fully saturated rings. The zero-order valence-electron chi connectivity index (χ0n) is 14.5. The van der Waals surface area contributed by atoms with Crippen LogP contribution in [0, 0.1) is 13.8 Å². The van der Waals surface area contributed by atoms with Gasteiger partial charge in [0.15, 0.2) is 5.82 Å². The van der Waals surface area contributed by atoms with Crippen LogP contribution in [-0.4, -0.2) is 74.3 Å². The van der Waals surface area contributed by atoms with Gasteiger partial charge in [-0.3, -0.25) is 9.69 Å². The second-order valence-corrected chi connectivity index (χ2v) is 6.56. The van der Waals surface area contributed by atoms with E-state index in [0.29, 0.717) is 37.5 Å². The minimum atomic E-state index is -0.0342. The van der Waals surface area contributed by atoms with Crippen molar-refractivity contribution >= 4 is 5.91 Å². The monoisotopic (exact) mass is 346 g/mol. The summed E-state index contributed by atoms with van der Waals surface area (Å²) in [6.45, 7) is 7.52. The molecule has 0 aliphatic carbocycles. The highest BCUT2D eigenvalue weighted by Crippen LogP contribution is 2.29. The number of ether oxygens (including phenoxy) is 1. The van der Waals surface area contributed by atoms with E-state index in [1.54, 1.807) is 6.20 Å². The summed E-state index contributed by atoms with van der Waals surface area (Å²) in [6, 6.07) is 0.266. The van der Waals surface area contributed by atoms with Gasteiger partial charge >= 0.3 is 0 Å². The Morgan fingerprint density at radius 3 is 2.88 bits per heavy atom. The van der Waals surface area contributed by atoms with Gasteiger partial charge in [0.05, 0.1) is 13.2 Å². The lowest BCUT2D eigenvalue weighted by molar-refractivity contribution is -0.143. The van der Waals surface area contributed by atoms with Crippen molar-refractivity contribution in [3.63, 3.8) is 0 Å². The van der Waals surface area contributed by atoms with Crippen molar-refractivity contribution in [3.05, 3.63) is 29.9 Å². The third-order valence-corrected chi connectivity index (χ3v) is 4.91. The van der Waals surface area contributed by atoms with E-state index in [0.717, 1.165) is 25.5 Å². The molecular weight excluding hydrogens is 324 g/mol. The number of hydrogen-bond acceptors (Lipinski definition) is 7. The van der Waals surface area contributed by atoms with Crippen LogP contribution in [0.5, 0.6) is 0 Å². The lowest BCUT2D eigenvalue weighted by atomic mass is 10.0. The molecule has 1 amide bonds. The zero-order valence-corrected chi connectivity index (χ0v) is 14.5. The van der Waals surface area contributed by atoms with Crippen LogP contribution in [0.2, 0.25) is 0 Å². The quantitative estimate of drug-likeness (QED) is 0.779. The molecule has 134 valence electrons. The number of morpholine rings is 1. The molecule has 9 nitrogen and oxygen atoms in total. The van der Waals surface area contributed by atoms with Crippen LogP contribution in [-0.2, 0) is 16.1 Å². The van der Waals surface area contributed by atoms with Gasteiger partial charge in [-0.05, 0) is 13.8 Å². The number of nitrogens with zero attached hydrogens (tertiary/aromatic N) is 6. The maximum absolute atomic E-state index is 12.4. The Bertz CT molecular complexity index is 751. The van der Waals surface area contributed by atoms with E-state index in [1.165, 1.54) is 0 Å². The molecule has 2 aromatic heterocycles. The molecule has 0 radical (unpaired) electrons. The van der Waals surface area contributed by atoms with Crippen molar-refractivity contribution < 1.29 is 14.1 Å². The molecule has 9 heteroatoms. The fourth-order valence-corrected chi connectivity index (χ4v) is 3.40. The van der Waals surface area contributed by atoms with E-state index in [2.05, 4.69) is 20.0 Å². The number of amides is 1. The predicted molar refractivity (Wildman–Crippen MR) is 86.6 cm³/mol. The third kappa shape index (κ3) is 3.16. The third-order valence-electron chi connectivity index (χ3n) is 4.91. The first-order chi connectivity index (χ1) is 12.1. The number of carbonyl (C=O) groups is 1. The Kier molecular flexibility index (Phi) is 4.26. The van der Waals surface area contributed by atoms with E-state index < -0.39 is 0 Å². The first kappa shape index (κ1) is 16.2. The topological polar surface area (TPSA) is 89.5 Å². The molecule has 2 aromatic rings. The molecule has 25 heavy (non-hydrogen) atoms. The molecule has 1 unspecified atom stereocenters. The summed E-state index contributed by atoms with van der Waals surface area (Å²) in [5, 5.41) is 3.88. The number of aromatic nitrogens is 4. The van der Waals surface area contributed by atoms with Crippen LogP contribution in [0.25, 0.3) is 0 Å². The number of hydrogen-bond donors (Lipinski definition) is 0. The molecule has 4 heterocycles. The molecule has 0 bridgehead atoms. The van der Waals surface area contributed by atoms with Crippen LogP contribution in [0.3, 0.4) is 0 Å². The second-order valence-electron chi connectivity index (χ2n) is 6.56. The highest BCUT2D eigenvalue weighted by molar-refractivity contribution is 5.77. The van der Waals surface area contributed by atoms with E-state index >= 15 is 0 Å². The number of imidazole rings is 1. The molecule has 1 atom stereocenters. The fourth-order valence-electron chi connectivity index (χ4n) is 3.40. The largest absolute Gasteiger partial charge is 0.378 e. The van der Waals surface area contributed by atoms with Gasteiger partial charge in [0.1, 0.15) is 18.4 Å². The summed E-state index contributed by atoms with van der Waals surface area (Å²) in [4.78, 5) is 25.1. The minimum Gasteiger partial charge on any atom is -0.378 e. The lowest BCUT2D eigenvalue weighted by Crippen LogP contribution is -2.63. The molecule has 2 aliphatic rings. The van der Waals surface area contributed by atoms with Crippen molar-refractivity contribution in [2.24, 2.45) is 0 Å². The summed E-state index contributed by atoms with van der Waals surface area (Å²) < 4.78 is 12.8. The van der Waals surface area contributed by atoms with E-state index in [1.807, 2.05) is 29.5 Å². The zero-order chi connectivity index (χ0) is 17.4. The van der Waals surface area contributed by atoms with Gasteiger partial charge in [-0.2, -0.15) is 4.98 Å². The van der Waals surface area contributed by atoms with E-state index in [4.69, 9.17) is 9.26 Å². The maximum Gasteiger partial charge on any atom is 0.246 e. The molecule has 2 saturated heterocycles. The molecule has 0 saturated carbocycles. The highest BCUT2D eigenvalue weighted by Gasteiger charge is 2.41. The van der Waals surface area contributed by atoms with Gasteiger partial charge < -0.3 is 18.7 Å². The Morgan fingerprint density at radius 2 is 2.20 bits per heavy atom. The smallest absolute Gasteiger partial charge is 0.246 e. The maximum atomic E-state index is 12.4. The summed E-state index contributed by atoms with van der Waals surface area (Å²) in [6.07, 6.45) is 3.55. The summed E-state index contributed by atoms with van der Waals surface area (Å²) in [5.41, 5.74) is 0. The SMILES string of the molecule is Cc1noc(C2COCCN2C2CN(C(=O)Cn3ccnc3C)C2)n1.